The Bertz CT molecular complexity index is 960. The Kier molecular flexibility index (Phi) is 4.00. The summed E-state index contributed by atoms with van der Waals surface area (Å²) in [7, 11) is 2.00. The smallest absolute Gasteiger partial charge is 0.162 e. The largest absolute Gasteiger partial charge is 0.337 e. The van der Waals surface area contributed by atoms with E-state index in [0.717, 1.165) is 27.6 Å². The zero-order chi connectivity index (χ0) is 16.4. The second-order valence-corrected chi connectivity index (χ2v) is 6.41. The lowest BCUT2D eigenvalue weighted by molar-refractivity contribution is 0.703. The van der Waals surface area contributed by atoms with E-state index in [-0.39, 0.29) is 0 Å². The molecular weight excluding hydrogens is 320 g/mol. The molecule has 24 heavy (non-hydrogen) atoms. The summed E-state index contributed by atoms with van der Waals surface area (Å²) in [5, 5.41) is 6.41. The average Bonchev–Trinajstić information content (AvgIpc) is 3.21. The Morgan fingerprint density at radius 1 is 1.08 bits per heavy atom. The van der Waals surface area contributed by atoms with Crippen LogP contribution >= 0.6 is 11.8 Å². The summed E-state index contributed by atoms with van der Waals surface area (Å²) >= 11 is 1.65. The lowest BCUT2D eigenvalue weighted by Crippen LogP contribution is -2.02. The molecule has 4 rings (SSSR count). The first kappa shape index (κ1) is 14.9. The van der Waals surface area contributed by atoms with Crippen molar-refractivity contribution >= 4 is 22.8 Å². The summed E-state index contributed by atoms with van der Waals surface area (Å²) in [4.78, 5) is 13.2. The van der Waals surface area contributed by atoms with Crippen LogP contribution in [0.15, 0.2) is 60.3 Å². The van der Waals surface area contributed by atoms with E-state index in [2.05, 4.69) is 32.2 Å². The van der Waals surface area contributed by atoms with Crippen LogP contribution in [0.4, 0.5) is 0 Å². The van der Waals surface area contributed by atoms with Crippen molar-refractivity contribution in [1.29, 1.82) is 0 Å². The van der Waals surface area contributed by atoms with Crippen LogP contribution in [0, 0.1) is 0 Å². The minimum atomic E-state index is 0.699. The van der Waals surface area contributed by atoms with Gasteiger partial charge in [-0.3, -0.25) is 0 Å². The molecule has 7 heteroatoms. The molecule has 0 radical (unpaired) electrons. The molecule has 0 aliphatic carbocycles. The maximum absolute atomic E-state index is 4.49. The normalized spacial score (nSPS) is 11.2. The fraction of sp³-hybridized carbons (Fsp3) is 0.176. The third-order valence-electron chi connectivity index (χ3n) is 3.83. The van der Waals surface area contributed by atoms with Gasteiger partial charge in [0.1, 0.15) is 17.2 Å². The van der Waals surface area contributed by atoms with E-state index in [9.17, 15) is 0 Å². The van der Waals surface area contributed by atoms with Crippen LogP contribution in [0.25, 0.3) is 11.0 Å². The zero-order valence-corrected chi connectivity index (χ0v) is 14.0. The highest BCUT2D eigenvalue weighted by molar-refractivity contribution is 7.98. The minimum Gasteiger partial charge on any atom is -0.337 e. The van der Waals surface area contributed by atoms with Gasteiger partial charge in [0.25, 0.3) is 0 Å². The number of thioether (sulfide) groups is 1. The Morgan fingerprint density at radius 2 is 1.96 bits per heavy atom. The molecule has 0 saturated heterocycles. The van der Waals surface area contributed by atoms with E-state index in [1.165, 1.54) is 5.56 Å². The molecule has 1 aromatic carbocycles. The average molecular weight is 336 g/mol. The van der Waals surface area contributed by atoms with Crippen molar-refractivity contribution in [1.82, 2.24) is 29.3 Å². The molecule has 0 N–H and O–H groups in total. The second-order valence-electron chi connectivity index (χ2n) is 5.45. The quantitative estimate of drug-likeness (QED) is 0.414. The van der Waals surface area contributed by atoms with Gasteiger partial charge in [-0.1, -0.05) is 42.1 Å². The van der Waals surface area contributed by atoms with E-state index in [4.69, 9.17) is 0 Å². The number of hydrogen-bond donors (Lipinski definition) is 0. The van der Waals surface area contributed by atoms with Crippen LogP contribution in [-0.4, -0.2) is 29.3 Å². The lowest BCUT2D eigenvalue weighted by Gasteiger charge is -2.05. The van der Waals surface area contributed by atoms with Crippen molar-refractivity contribution in [3.63, 3.8) is 0 Å². The van der Waals surface area contributed by atoms with Gasteiger partial charge in [0.05, 0.1) is 23.9 Å². The van der Waals surface area contributed by atoms with Crippen molar-refractivity contribution < 1.29 is 0 Å². The monoisotopic (exact) mass is 336 g/mol. The highest BCUT2D eigenvalue weighted by atomic mass is 32.2. The van der Waals surface area contributed by atoms with E-state index >= 15 is 0 Å². The number of aromatic nitrogens is 6. The third kappa shape index (κ3) is 2.90. The fourth-order valence-electron chi connectivity index (χ4n) is 2.53. The molecule has 6 nitrogen and oxygen atoms in total. The first-order valence-electron chi connectivity index (χ1n) is 7.61. The third-order valence-corrected chi connectivity index (χ3v) is 4.83. The Morgan fingerprint density at radius 3 is 2.75 bits per heavy atom. The number of fused-ring (bicyclic) bond motifs is 1. The summed E-state index contributed by atoms with van der Waals surface area (Å²) in [6, 6.07) is 10.3. The molecule has 0 aliphatic heterocycles. The van der Waals surface area contributed by atoms with E-state index in [1.807, 2.05) is 53.1 Å². The molecule has 0 amide bonds. The highest BCUT2D eigenvalue weighted by Gasteiger charge is 2.11. The van der Waals surface area contributed by atoms with Crippen LogP contribution in [-0.2, 0) is 19.3 Å². The molecule has 4 aromatic rings. The van der Waals surface area contributed by atoms with Gasteiger partial charge in [-0.05, 0) is 5.56 Å². The number of hydrogen-bond acceptors (Lipinski definition) is 5. The molecule has 3 heterocycles. The summed E-state index contributed by atoms with van der Waals surface area (Å²) in [6.45, 7) is 0.699. The van der Waals surface area contributed by atoms with Gasteiger partial charge < -0.3 is 4.57 Å². The van der Waals surface area contributed by atoms with Crippen LogP contribution in [0.1, 0.15) is 11.4 Å². The first-order chi connectivity index (χ1) is 11.8. The van der Waals surface area contributed by atoms with Gasteiger partial charge in [0, 0.05) is 19.4 Å². The number of nitrogens with zero attached hydrogens (tertiary/aromatic N) is 6. The maximum Gasteiger partial charge on any atom is 0.162 e. The van der Waals surface area contributed by atoms with E-state index < -0.39 is 0 Å². The molecule has 0 fully saturated rings. The second kappa shape index (κ2) is 6.45. The summed E-state index contributed by atoms with van der Waals surface area (Å²) in [6.07, 6.45) is 7.21. The number of imidazole rings is 1. The zero-order valence-electron chi connectivity index (χ0n) is 13.2. The Labute approximate surface area is 143 Å². The fourth-order valence-corrected chi connectivity index (χ4v) is 3.49. The molecule has 0 atom stereocenters. The summed E-state index contributed by atoms with van der Waals surface area (Å²) < 4.78 is 3.93. The van der Waals surface area contributed by atoms with E-state index in [1.54, 1.807) is 18.1 Å². The number of aryl methyl sites for hydroxylation is 1. The molecule has 0 saturated carbocycles. The standard InChI is InChI=1S/C17H16N6S/c1-22-8-7-18-15(22)11-24-17-14-9-21-23(16(14)19-12-20-17)10-13-5-3-2-4-6-13/h2-9,12H,10-11H2,1H3. The predicted molar refractivity (Wildman–Crippen MR) is 93.6 cm³/mol. The van der Waals surface area contributed by atoms with Gasteiger partial charge in [-0.15, -0.1) is 0 Å². The Balaban J connectivity index is 1.60. The molecule has 0 spiro atoms. The van der Waals surface area contributed by atoms with Crippen molar-refractivity contribution in [2.45, 2.75) is 17.3 Å². The van der Waals surface area contributed by atoms with Crippen molar-refractivity contribution in [2.24, 2.45) is 7.05 Å². The molecule has 0 aliphatic rings. The molecular formula is C17H16N6S. The maximum atomic E-state index is 4.49. The molecule has 3 aromatic heterocycles. The van der Waals surface area contributed by atoms with Crippen LogP contribution < -0.4 is 0 Å². The number of benzene rings is 1. The van der Waals surface area contributed by atoms with E-state index in [0.29, 0.717) is 6.54 Å². The lowest BCUT2D eigenvalue weighted by atomic mass is 10.2. The predicted octanol–water partition coefficient (Wildman–Crippen LogP) is 2.90. The first-order valence-corrected chi connectivity index (χ1v) is 8.59. The van der Waals surface area contributed by atoms with Crippen molar-refractivity contribution in [2.75, 3.05) is 0 Å². The topological polar surface area (TPSA) is 61.4 Å². The molecule has 0 bridgehead atoms. The minimum absolute atomic E-state index is 0.699. The summed E-state index contributed by atoms with van der Waals surface area (Å²) in [5.74, 6) is 1.78. The van der Waals surface area contributed by atoms with Gasteiger partial charge in [-0.25, -0.2) is 19.6 Å². The van der Waals surface area contributed by atoms with Crippen molar-refractivity contribution in [3.8, 4) is 0 Å². The Hall–Kier alpha value is -2.67. The van der Waals surface area contributed by atoms with Crippen LogP contribution in [0.2, 0.25) is 0 Å². The summed E-state index contributed by atoms with van der Waals surface area (Å²) in [5.41, 5.74) is 2.06. The highest BCUT2D eigenvalue weighted by Crippen LogP contribution is 2.26. The number of rotatable bonds is 5. The van der Waals surface area contributed by atoms with Crippen molar-refractivity contribution in [3.05, 3.63) is 66.6 Å². The van der Waals surface area contributed by atoms with Gasteiger partial charge in [-0.2, -0.15) is 5.10 Å². The van der Waals surface area contributed by atoms with Gasteiger partial charge >= 0.3 is 0 Å². The SMILES string of the molecule is Cn1ccnc1CSc1ncnc2c1cnn2Cc1ccccc1. The molecule has 120 valence electrons. The van der Waals surface area contributed by atoms with Crippen LogP contribution in [0.3, 0.4) is 0 Å². The van der Waals surface area contributed by atoms with Gasteiger partial charge in [0.15, 0.2) is 5.65 Å². The molecule has 0 unspecified atom stereocenters. The van der Waals surface area contributed by atoms with Gasteiger partial charge in [0.2, 0.25) is 0 Å². The van der Waals surface area contributed by atoms with Crippen LogP contribution in [0.5, 0.6) is 0 Å².